The Morgan fingerprint density at radius 3 is 2.76 bits per heavy atom. The molecule has 1 atom stereocenters. The van der Waals surface area contributed by atoms with E-state index in [1.807, 2.05) is 24.3 Å². The van der Waals surface area contributed by atoms with Gasteiger partial charge >= 0.3 is 0 Å². The van der Waals surface area contributed by atoms with Crippen molar-refractivity contribution in [3.05, 3.63) is 58.9 Å². The molecular formula is C21H15ClN4O3. The van der Waals surface area contributed by atoms with E-state index < -0.39 is 11.9 Å². The van der Waals surface area contributed by atoms with E-state index in [0.29, 0.717) is 29.3 Å². The molecule has 5 rings (SSSR count). The van der Waals surface area contributed by atoms with Gasteiger partial charge in [0.2, 0.25) is 11.8 Å². The molecule has 4 heterocycles. The highest BCUT2D eigenvalue weighted by molar-refractivity contribution is 6.29. The monoisotopic (exact) mass is 406 g/mol. The van der Waals surface area contributed by atoms with Crippen LogP contribution in [0.4, 0.5) is 0 Å². The summed E-state index contributed by atoms with van der Waals surface area (Å²) in [6.45, 7) is 0.340. The number of halogens is 1. The number of imide groups is 1. The fourth-order valence-electron chi connectivity index (χ4n) is 3.90. The maximum atomic E-state index is 12.8. The lowest BCUT2D eigenvalue weighted by molar-refractivity contribution is -0.136. The zero-order chi connectivity index (χ0) is 20.1. The largest absolute Gasteiger partial charge is 0.322 e. The molecule has 1 saturated heterocycles. The molecule has 1 N–H and O–H groups in total. The van der Waals surface area contributed by atoms with Crippen molar-refractivity contribution in [2.24, 2.45) is 0 Å². The fraction of sp³-hybridized carbons (Fsp3) is 0.190. The van der Waals surface area contributed by atoms with Crippen LogP contribution in [0.2, 0.25) is 5.15 Å². The normalized spacial score (nSPS) is 18.9. The number of rotatable bonds is 2. The molecule has 1 fully saturated rings. The highest BCUT2D eigenvalue weighted by Crippen LogP contribution is 2.31. The number of hydrogen-bond acceptors (Lipinski definition) is 5. The van der Waals surface area contributed by atoms with E-state index in [1.165, 1.54) is 0 Å². The molecule has 0 bridgehead atoms. The average Bonchev–Trinajstić information content (AvgIpc) is 3.03. The Balaban J connectivity index is 1.46. The summed E-state index contributed by atoms with van der Waals surface area (Å²) in [5.41, 5.74) is 3.83. The lowest BCUT2D eigenvalue weighted by atomic mass is 10.0. The Morgan fingerprint density at radius 2 is 1.93 bits per heavy atom. The summed E-state index contributed by atoms with van der Waals surface area (Å²) >= 11 is 5.91. The van der Waals surface area contributed by atoms with Gasteiger partial charge in [0, 0.05) is 35.7 Å². The van der Waals surface area contributed by atoms with Crippen LogP contribution < -0.4 is 5.32 Å². The van der Waals surface area contributed by atoms with Crippen molar-refractivity contribution in [2.45, 2.75) is 25.4 Å². The molecule has 3 aromatic rings. The smallest absolute Gasteiger partial charge is 0.255 e. The van der Waals surface area contributed by atoms with Gasteiger partial charge in [0.25, 0.3) is 5.91 Å². The first-order valence-corrected chi connectivity index (χ1v) is 9.58. The van der Waals surface area contributed by atoms with Crippen molar-refractivity contribution in [3.8, 4) is 11.1 Å². The number of carbonyl (C=O) groups excluding carboxylic acids is 3. The fourth-order valence-corrected chi connectivity index (χ4v) is 4.04. The van der Waals surface area contributed by atoms with Gasteiger partial charge in [-0.15, -0.1) is 0 Å². The zero-order valence-electron chi connectivity index (χ0n) is 15.2. The van der Waals surface area contributed by atoms with Crippen LogP contribution in [0.3, 0.4) is 0 Å². The molecule has 2 aromatic heterocycles. The van der Waals surface area contributed by atoms with Crippen LogP contribution in [0.5, 0.6) is 0 Å². The van der Waals surface area contributed by atoms with Crippen LogP contribution in [0.25, 0.3) is 22.2 Å². The van der Waals surface area contributed by atoms with Crippen LogP contribution >= 0.6 is 11.6 Å². The summed E-state index contributed by atoms with van der Waals surface area (Å²) in [6.07, 6.45) is 2.31. The third kappa shape index (κ3) is 3.03. The Morgan fingerprint density at radius 1 is 1.07 bits per heavy atom. The molecular weight excluding hydrogens is 392 g/mol. The summed E-state index contributed by atoms with van der Waals surface area (Å²) in [5.74, 6) is -0.888. The summed E-state index contributed by atoms with van der Waals surface area (Å²) in [5, 5.41) is 3.58. The van der Waals surface area contributed by atoms with Crippen molar-refractivity contribution in [3.63, 3.8) is 0 Å². The number of nitrogens with zero attached hydrogens (tertiary/aromatic N) is 3. The molecule has 3 amide bonds. The van der Waals surface area contributed by atoms with Crippen LogP contribution in [0.15, 0.2) is 42.6 Å². The Labute approximate surface area is 170 Å². The SMILES string of the molecule is O=C1CCC(N2Cc3cc(-c4cnc5nc(Cl)ccc5c4)ccc3C2=O)C(=O)N1. The van der Waals surface area contributed by atoms with E-state index in [1.54, 1.807) is 23.2 Å². The second-order valence-electron chi connectivity index (χ2n) is 7.18. The van der Waals surface area contributed by atoms with Gasteiger partial charge in [-0.25, -0.2) is 9.97 Å². The molecule has 8 heteroatoms. The van der Waals surface area contributed by atoms with Crippen molar-refractivity contribution in [1.29, 1.82) is 0 Å². The van der Waals surface area contributed by atoms with E-state index in [0.717, 1.165) is 22.1 Å². The minimum absolute atomic E-state index is 0.184. The number of amides is 3. The molecule has 29 heavy (non-hydrogen) atoms. The van der Waals surface area contributed by atoms with E-state index in [9.17, 15) is 14.4 Å². The van der Waals surface area contributed by atoms with Gasteiger partial charge in [-0.05, 0) is 47.9 Å². The lowest BCUT2D eigenvalue weighted by Gasteiger charge is -2.29. The summed E-state index contributed by atoms with van der Waals surface area (Å²) < 4.78 is 0. The van der Waals surface area contributed by atoms with E-state index in [2.05, 4.69) is 15.3 Å². The van der Waals surface area contributed by atoms with Gasteiger partial charge in [-0.3, -0.25) is 19.7 Å². The standard InChI is InChI=1S/C21H15ClN4O3/c22-17-5-2-12-8-13(9-23-19(12)24-17)11-1-3-15-14(7-11)10-26(21(15)29)16-4-6-18(27)25-20(16)28/h1-3,5,7-9,16H,4,6,10H2,(H,25,27,28). The lowest BCUT2D eigenvalue weighted by Crippen LogP contribution is -2.52. The molecule has 7 nitrogen and oxygen atoms in total. The van der Waals surface area contributed by atoms with Crippen molar-refractivity contribution >= 4 is 40.4 Å². The predicted octanol–water partition coefficient (Wildman–Crippen LogP) is 2.71. The predicted molar refractivity (Wildman–Crippen MR) is 106 cm³/mol. The molecule has 0 aliphatic carbocycles. The number of hydrogen-bond donors (Lipinski definition) is 1. The molecule has 2 aliphatic heterocycles. The summed E-state index contributed by atoms with van der Waals surface area (Å²) in [6, 6.07) is 10.5. The molecule has 2 aliphatic rings. The summed E-state index contributed by atoms with van der Waals surface area (Å²) in [4.78, 5) is 46.5. The number of carbonyl (C=O) groups is 3. The topological polar surface area (TPSA) is 92.3 Å². The third-order valence-corrected chi connectivity index (χ3v) is 5.58. The first kappa shape index (κ1) is 17.8. The Hall–Kier alpha value is -3.32. The second-order valence-corrected chi connectivity index (χ2v) is 7.56. The number of pyridine rings is 2. The third-order valence-electron chi connectivity index (χ3n) is 5.37. The number of nitrogens with one attached hydrogen (secondary N) is 1. The quantitative estimate of drug-likeness (QED) is 0.521. The van der Waals surface area contributed by atoms with E-state index >= 15 is 0 Å². The Bertz CT molecular complexity index is 1210. The molecule has 1 aromatic carbocycles. The van der Waals surface area contributed by atoms with Gasteiger partial charge < -0.3 is 4.90 Å². The molecule has 0 spiro atoms. The molecule has 0 radical (unpaired) electrons. The van der Waals surface area contributed by atoms with Crippen molar-refractivity contribution < 1.29 is 14.4 Å². The van der Waals surface area contributed by atoms with Gasteiger partial charge in [0.15, 0.2) is 5.65 Å². The number of piperidine rings is 1. The van der Waals surface area contributed by atoms with Crippen molar-refractivity contribution in [2.75, 3.05) is 0 Å². The second kappa shape index (κ2) is 6.63. The Kier molecular flexibility index (Phi) is 4.06. The van der Waals surface area contributed by atoms with Gasteiger partial charge in [-0.2, -0.15) is 0 Å². The summed E-state index contributed by atoms with van der Waals surface area (Å²) in [7, 11) is 0. The maximum absolute atomic E-state index is 12.8. The van der Waals surface area contributed by atoms with Crippen LogP contribution in [0.1, 0.15) is 28.8 Å². The van der Waals surface area contributed by atoms with Crippen LogP contribution in [-0.2, 0) is 16.1 Å². The van der Waals surface area contributed by atoms with Crippen LogP contribution in [-0.4, -0.2) is 38.6 Å². The molecule has 0 saturated carbocycles. The minimum Gasteiger partial charge on any atom is -0.322 e. The highest BCUT2D eigenvalue weighted by Gasteiger charge is 2.39. The number of benzene rings is 1. The van der Waals surface area contributed by atoms with Crippen molar-refractivity contribution in [1.82, 2.24) is 20.2 Å². The zero-order valence-corrected chi connectivity index (χ0v) is 15.9. The van der Waals surface area contributed by atoms with Gasteiger partial charge in [-0.1, -0.05) is 17.7 Å². The van der Waals surface area contributed by atoms with Crippen LogP contribution in [0, 0.1) is 0 Å². The molecule has 144 valence electrons. The van der Waals surface area contributed by atoms with Gasteiger partial charge in [0.1, 0.15) is 11.2 Å². The number of aromatic nitrogens is 2. The minimum atomic E-state index is -0.616. The van der Waals surface area contributed by atoms with E-state index in [4.69, 9.17) is 11.6 Å². The number of fused-ring (bicyclic) bond motifs is 2. The van der Waals surface area contributed by atoms with Gasteiger partial charge in [0.05, 0.1) is 0 Å². The highest BCUT2D eigenvalue weighted by atomic mass is 35.5. The first-order chi connectivity index (χ1) is 14.0. The van der Waals surface area contributed by atoms with E-state index in [-0.39, 0.29) is 18.2 Å². The average molecular weight is 407 g/mol. The molecule has 1 unspecified atom stereocenters. The maximum Gasteiger partial charge on any atom is 0.255 e. The first-order valence-electron chi connectivity index (χ1n) is 9.20.